The second-order valence-corrected chi connectivity index (χ2v) is 11.6. The summed E-state index contributed by atoms with van der Waals surface area (Å²) in [6.07, 6.45) is -0.111. The number of carbonyl (C=O) groups excluding carboxylic acids is 1. The van der Waals surface area contributed by atoms with Crippen LogP contribution in [0, 0.1) is 0 Å². The zero-order chi connectivity index (χ0) is 22.4. The molecule has 1 amide bonds. The molecule has 1 heterocycles. The van der Waals surface area contributed by atoms with Crippen LogP contribution in [0.15, 0.2) is 30.3 Å². The molecular weight excluding hydrogens is 426 g/mol. The third-order valence-corrected chi connectivity index (χ3v) is 7.96. The Labute approximate surface area is 184 Å². The van der Waals surface area contributed by atoms with Crippen molar-refractivity contribution in [1.29, 1.82) is 0 Å². The van der Waals surface area contributed by atoms with Crippen molar-refractivity contribution in [1.82, 2.24) is 4.31 Å². The third-order valence-electron chi connectivity index (χ3n) is 4.55. The number of nitrogens with zero attached hydrogens (tertiary/aromatic N) is 1. The van der Waals surface area contributed by atoms with Crippen LogP contribution in [0.1, 0.15) is 46.1 Å². The quantitative estimate of drug-likeness (QED) is 0.596. The van der Waals surface area contributed by atoms with Crippen LogP contribution < -0.4 is 0 Å². The molecule has 3 atom stereocenters. The van der Waals surface area contributed by atoms with Gasteiger partial charge in [-0.25, -0.2) is 13.2 Å². The third kappa shape index (κ3) is 7.14. The Bertz CT molecular complexity index is 778. The summed E-state index contributed by atoms with van der Waals surface area (Å²) in [6, 6.07) is 8.40. The van der Waals surface area contributed by atoms with Gasteiger partial charge in [-0.15, -0.1) is 0 Å². The van der Waals surface area contributed by atoms with Crippen molar-refractivity contribution in [3.63, 3.8) is 0 Å². The molecule has 1 fully saturated rings. The maximum Gasteiger partial charge on any atom is 0.424 e. The Hall–Kier alpha value is -1.29. The number of aliphatic hydroxyl groups is 1. The Morgan fingerprint density at radius 1 is 1.27 bits per heavy atom. The van der Waals surface area contributed by atoms with E-state index >= 15 is 0 Å². The van der Waals surface area contributed by atoms with Gasteiger partial charge in [-0.3, -0.25) is 0 Å². The molecule has 0 aromatic heterocycles. The fourth-order valence-electron chi connectivity index (χ4n) is 3.10. The molecule has 7 nitrogen and oxygen atoms in total. The van der Waals surface area contributed by atoms with Crippen LogP contribution >= 0.6 is 11.8 Å². The van der Waals surface area contributed by atoms with Gasteiger partial charge < -0.3 is 14.6 Å². The second-order valence-electron chi connectivity index (χ2n) is 8.38. The SMILES string of the molecule is CCCCS[C@H]1CS(=O)(=O)N(C(=O)OC(C)(C)C)[C@@H](COCc2ccccc2)[C@@H]1O. The van der Waals surface area contributed by atoms with Gasteiger partial charge in [0.25, 0.3) is 0 Å². The van der Waals surface area contributed by atoms with Crippen LogP contribution in [0.25, 0.3) is 0 Å². The number of unbranched alkanes of at least 4 members (excludes halogenated alkanes) is 1. The lowest BCUT2D eigenvalue weighted by Crippen LogP contribution is -2.62. The first-order valence-corrected chi connectivity index (χ1v) is 12.9. The summed E-state index contributed by atoms with van der Waals surface area (Å²) in [7, 11) is -3.96. The molecule has 2 rings (SSSR count). The minimum atomic E-state index is -3.96. The number of carbonyl (C=O) groups is 1. The van der Waals surface area contributed by atoms with Crippen LogP contribution in [0.5, 0.6) is 0 Å². The first-order chi connectivity index (χ1) is 14.0. The maximum absolute atomic E-state index is 13.0. The normalized spacial score (nSPS) is 23.9. The summed E-state index contributed by atoms with van der Waals surface area (Å²) in [5, 5.41) is 10.4. The average Bonchev–Trinajstić information content (AvgIpc) is 2.64. The summed E-state index contributed by atoms with van der Waals surface area (Å²) >= 11 is 1.43. The Balaban J connectivity index is 2.20. The topological polar surface area (TPSA) is 93.1 Å². The number of hydrogen-bond donors (Lipinski definition) is 1. The molecule has 170 valence electrons. The second kappa shape index (κ2) is 10.8. The predicted octanol–water partition coefficient (Wildman–Crippen LogP) is 3.42. The fraction of sp³-hybridized carbons (Fsp3) is 0.667. The van der Waals surface area contributed by atoms with Crippen LogP contribution in [0.2, 0.25) is 0 Å². The summed E-state index contributed by atoms with van der Waals surface area (Å²) in [5.74, 6) is 0.439. The Morgan fingerprint density at radius 3 is 2.53 bits per heavy atom. The first kappa shape index (κ1) is 25.0. The molecule has 1 saturated heterocycles. The van der Waals surface area contributed by atoms with Crippen molar-refractivity contribution >= 4 is 27.9 Å². The van der Waals surface area contributed by atoms with Crippen molar-refractivity contribution in [2.45, 2.75) is 70.1 Å². The number of ether oxygens (including phenoxy) is 2. The molecule has 1 aliphatic rings. The number of aliphatic hydroxyl groups excluding tert-OH is 1. The van der Waals surface area contributed by atoms with Crippen molar-refractivity contribution in [2.75, 3.05) is 18.1 Å². The molecule has 0 saturated carbocycles. The molecular formula is C21H33NO6S2. The average molecular weight is 460 g/mol. The van der Waals surface area contributed by atoms with Crippen LogP contribution in [-0.4, -0.2) is 65.0 Å². The van der Waals surface area contributed by atoms with Gasteiger partial charge in [0.2, 0.25) is 10.0 Å². The van der Waals surface area contributed by atoms with Gasteiger partial charge in [0.15, 0.2) is 0 Å². The fourth-order valence-corrected chi connectivity index (χ4v) is 6.77. The highest BCUT2D eigenvalue weighted by Gasteiger charge is 2.49. The van der Waals surface area contributed by atoms with Gasteiger partial charge in [-0.05, 0) is 38.5 Å². The Morgan fingerprint density at radius 2 is 1.93 bits per heavy atom. The van der Waals surface area contributed by atoms with Gasteiger partial charge >= 0.3 is 6.09 Å². The van der Waals surface area contributed by atoms with E-state index in [0.717, 1.165) is 24.2 Å². The molecule has 0 spiro atoms. The first-order valence-electron chi connectivity index (χ1n) is 10.2. The largest absolute Gasteiger partial charge is 0.443 e. The van der Waals surface area contributed by atoms with Crippen LogP contribution in [-0.2, 0) is 26.1 Å². The lowest BCUT2D eigenvalue weighted by molar-refractivity contribution is -0.0129. The van der Waals surface area contributed by atoms with Gasteiger partial charge in [-0.1, -0.05) is 43.7 Å². The van der Waals surface area contributed by atoms with Crippen molar-refractivity contribution in [3.8, 4) is 0 Å². The number of hydrogen-bond acceptors (Lipinski definition) is 7. The van der Waals surface area contributed by atoms with Crippen molar-refractivity contribution < 1.29 is 27.8 Å². The highest BCUT2D eigenvalue weighted by Crippen LogP contribution is 2.31. The van der Waals surface area contributed by atoms with E-state index in [1.54, 1.807) is 20.8 Å². The van der Waals surface area contributed by atoms with E-state index in [4.69, 9.17) is 9.47 Å². The monoisotopic (exact) mass is 459 g/mol. The molecule has 0 aliphatic carbocycles. The molecule has 1 aromatic rings. The molecule has 1 aromatic carbocycles. The molecule has 1 N–H and O–H groups in total. The van der Waals surface area contributed by atoms with Crippen LogP contribution in [0.4, 0.5) is 4.79 Å². The van der Waals surface area contributed by atoms with Gasteiger partial charge in [-0.2, -0.15) is 16.1 Å². The summed E-state index contributed by atoms with van der Waals surface area (Å²) in [5.41, 5.74) is 0.0584. The smallest absolute Gasteiger partial charge is 0.424 e. The van der Waals surface area contributed by atoms with Crippen molar-refractivity contribution in [2.24, 2.45) is 0 Å². The van der Waals surface area contributed by atoms with E-state index < -0.39 is 39.1 Å². The van der Waals surface area contributed by atoms with Gasteiger partial charge in [0.05, 0.1) is 25.1 Å². The minimum Gasteiger partial charge on any atom is -0.443 e. The van der Waals surface area contributed by atoms with E-state index in [1.807, 2.05) is 30.3 Å². The zero-order valence-electron chi connectivity index (χ0n) is 18.1. The molecule has 1 aliphatic heterocycles. The number of benzene rings is 1. The molecule has 0 bridgehead atoms. The zero-order valence-corrected chi connectivity index (χ0v) is 19.7. The van der Waals surface area contributed by atoms with E-state index in [0.29, 0.717) is 4.31 Å². The van der Waals surface area contributed by atoms with E-state index in [9.17, 15) is 18.3 Å². The maximum atomic E-state index is 13.0. The summed E-state index contributed by atoms with van der Waals surface area (Å²) in [4.78, 5) is 12.7. The number of sulfonamides is 1. The minimum absolute atomic E-state index is 0.112. The van der Waals surface area contributed by atoms with E-state index in [2.05, 4.69) is 6.92 Å². The summed E-state index contributed by atoms with van der Waals surface area (Å²) < 4.78 is 37.7. The summed E-state index contributed by atoms with van der Waals surface area (Å²) in [6.45, 7) is 7.20. The van der Waals surface area contributed by atoms with E-state index in [-0.39, 0.29) is 19.0 Å². The highest BCUT2D eigenvalue weighted by molar-refractivity contribution is 8.01. The lowest BCUT2D eigenvalue weighted by atomic mass is 10.1. The van der Waals surface area contributed by atoms with Gasteiger partial charge in [0, 0.05) is 5.25 Å². The number of amides is 1. The molecule has 9 heteroatoms. The van der Waals surface area contributed by atoms with Crippen molar-refractivity contribution in [3.05, 3.63) is 35.9 Å². The van der Waals surface area contributed by atoms with Gasteiger partial charge in [0.1, 0.15) is 11.6 Å². The molecule has 30 heavy (non-hydrogen) atoms. The number of thioether (sulfide) groups is 1. The van der Waals surface area contributed by atoms with E-state index in [1.165, 1.54) is 11.8 Å². The van der Waals surface area contributed by atoms with Crippen LogP contribution in [0.3, 0.4) is 0 Å². The predicted molar refractivity (Wildman–Crippen MR) is 119 cm³/mol. The number of rotatable bonds is 8. The molecule has 0 unspecified atom stereocenters. The standard InChI is InChI=1S/C21H33NO6S2/c1-5-6-12-29-18-15-30(25,26)22(20(24)28-21(2,3)4)17(19(18)23)14-27-13-16-10-8-7-9-11-16/h7-11,17-19,23H,5-6,12-15H2,1-4H3/t17-,18-,19-/m0/s1. The lowest BCUT2D eigenvalue weighted by Gasteiger charge is -2.42. The highest BCUT2D eigenvalue weighted by atomic mass is 32.2. The molecule has 0 radical (unpaired) electrons. The Kier molecular flexibility index (Phi) is 9.02.